The van der Waals surface area contributed by atoms with Crippen LogP contribution in [0.3, 0.4) is 0 Å². The lowest BCUT2D eigenvalue weighted by Crippen LogP contribution is -2.17. The second-order valence-corrected chi connectivity index (χ2v) is 7.91. The molecule has 1 fully saturated rings. The van der Waals surface area contributed by atoms with Gasteiger partial charge in [-0.3, -0.25) is 4.79 Å². The van der Waals surface area contributed by atoms with E-state index in [2.05, 4.69) is 15.4 Å². The van der Waals surface area contributed by atoms with E-state index in [-0.39, 0.29) is 11.7 Å². The second kappa shape index (κ2) is 7.79. The molecule has 1 aromatic heterocycles. The average Bonchev–Trinajstić information content (AvgIpc) is 3.52. The zero-order valence-corrected chi connectivity index (χ0v) is 16.5. The van der Waals surface area contributed by atoms with Crippen LogP contribution < -0.4 is 14.8 Å². The number of fused-ring (bicyclic) bond motifs is 1. The first-order valence-corrected chi connectivity index (χ1v) is 10.6. The van der Waals surface area contributed by atoms with Crippen LogP contribution in [-0.2, 0) is 4.79 Å². The Bertz CT molecular complexity index is 1030. The van der Waals surface area contributed by atoms with E-state index >= 15 is 0 Å². The van der Waals surface area contributed by atoms with Crippen molar-refractivity contribution in [2.24, 2.45) is 0 Å². The lowest BCUT2D eigenvalue weighted by Gasteiger charge is -2.18. The summed E-state index contributed by atoms with van der Waals surface area (Å²) in [5.41, 5.74) is 1.68. The highest BCUT2D eigenvalue weighted by Gasteiger charge is 2.30. The summed E-state index contributed by atoms with van der Waals surface area (Å²) in [7, 11) is 0. The highest BCUT2D eigenvalue weighted by Crippen LogP contribution is 2.40. The summed E-state index contributed by atoms with van der Waals surface area (Å²) in [6.07, 6.45) is 2.28. The molecule has 2 aromatic carbocycles. The number of benzene rings is 2. The molecule has 1 aliphatic carbocycles. The van der Waals surface area contributed by atoms with E-state index in [9.17, 15) is 4.79 Å². The minimum Gasteiger partial charge on any atom is -0.486 e. The summed E-state index contributed by atoms with van der Waals surface area (Å²) in [4.78, 5) is 17.1. The number of ether oxygens (including phenoxy) is 2. The first-order chi connectivity index (χ1) is 14.3. The topological polar surface area (TPSA) is 78.3 Å². The Morgan fingerprint density at radius 1 is 1.10 bits per heavy atom. The minimum absolute atomic E-state index is 0.115. The number of amides is 1. The Balaban J connectivity index is 1.25. The molecule has 1 aliphatic heterocycles. The number of thioether (sulfide) groups is 1. The van der Waals surface area contributed by atoms with Crippen molar-refractivity contribution in [3.63, 3.8) is 0 Å². The Labute approximate surface area is 172 Å². The molecule has 0 unspecified atom stereocenters. The molecule has 2 aliphatic rings. The van der Waals surface area contributed by atoms with Gasteiger partial charge in [-0.15, -0.1) is 5.10 Å². The number of rotatable bonds is 6. The maximum absolute atomic E-state index is 12.4. The van der Waals surface area contributed by atoms with Gasteiger partial charge in [0, 0.05) is 17.7 Å². The number of anilines is 1. The summed E-state index contributed by atoms with van der Waals surface area (Å²) in [5.74, 6) is 2.91. The van der Waals surface area contributed by atoms with Gasteiger partial charge >= 0.3 is 0 Å². The van der Waals surface area contributed by atoms with Crippen LogP contribution in [0.25, 0.3) is 5.69 Å². The quantitative estimate of drug-likeness (QED) is 0.628. The molecule has 7 nitrogen and oxygen atoms in total. The monoisotopic (exact) mass is 408 g/mol. The van der Waals surface area contributed by atoms with E-state index in [0.717, 1.165) is 24.4 Å². The van der Waals surface area contributed by atoms with Crippen LogP contribution >= 0.6 is 11.8 Å². The largest absolute Gasteiger partial charge is 0.486 e. The molecular weight excluding hydrogens is 388 g/mol. The summed E-state index contributed by atoms with van der Waals surface area (Å²) in [6, 6.07) is 15.4. The molecule has 3 aromatic rings. The third-order valence-corrected chi connectivity index (χ3v) is 5.55. The normalized spacial score (nSPS) is 15.2. The Morgan fingerprint density at radius 3 is 2.69 bits per heavy atom. The first kappa shape index (κ1) is 18.1. The molecule has 8 heteroatoms. The van der Waals surface area contributed by atoms with Gasteiger partial charge in [-0.25, -0.2) is 9.67 Å². The van der Waals surface area contributed by atoms with E-state index < -0.39 is 0 Å². The predicted molar refractivity (Wildman–Crippen MR) is 110 cm³/mol. The molecule has 1 amide bonds. The van der Waals surface area contributed by atoms with Crippen LogP contribution in [0.2, 0.25) is 0 Å². The smallest absolute Gasteiger partial charge is 0.234 e. The van der Waals surface area contributed by atoms with Crippen molar-refractivity contribution < 1.29 is 14.3 Å². The Morgan fingerprint density at radius 2 is 1.90 bits per heavy atom. The Kier molecular flexibility index (Phi) is 4.85. The van der Waals surface area contributed by atoms with Crippen molar-refractivity contribution >= 4 is 23.4 Å². The van der Waals surface area contributed by atoms with Gasteiger partial charge in [-0.1, -0.05) is 30.0 Å². The van der Waals surface area contributed by atoms with Crippen LogP contribution in [0.5, 0.6) is 11.5 Å². The van der Waals surface area contributed by atoms with E-state index in [1.807, 2.05) is 47.1 Å². The van der Waals surface area contributed by atoms with Crippen molar-refractivity contribution in [3.05, 3.63) is 54.4 Å². The Hall–Kier alpha value is -3.00. The van der Waals surface area contributed by atoms with E-state index in [1.165, 1.54) is 11.8 Å². The number of nitrogens with zero attached hydrogens (tertiary/aromatic N) is 3. The van der Waals surface area contributed by atoms with Crippen molar-refractivity contribution in [2.75, 3.05) is 24.3 Å². The summed E-state index contributed by atoms with van der Waals surface area (Å²) in [5, 5.41) is 8.14. The summed E-state index contributed by atoms with van der Waals surface area (Å²) < 4.78 is 13.0. The van der Waals surface area contributed by atoms with Crippen LogP contribution in [0, 0.1) is 0 Å². The van der Waals surface area contributed by atoms with Gasteiger partial charge in [0.1, 0.15) is 19.0 Å². The third kappa shape index (κ3) is 4.07. The second-order valence-electron chi connectivity index (χ2n) is 6.97. The maximum Gasteiger partial charge on any atom is 0.234 e. The zero-order chi connectivity index (χ0) is 19.6. The molecule has 2 heterocycles. The number of para-hydroxylation sites is 1. The number of nitrogens with one attached hydrogen (secondary N) is 1. The number of hydrogen-bond donors (Lipinski definition) is 1. The van der Waals surface area contributed by atoms with Gasteiger partial charge in [0.05, 0.1) is 11.4 Å². The van der Waals surface area contributed by atoms with Crippen molar-refractivity contribution in [3.8, 4) is 17.2 Å². The van der Waals surface area contributed by atoms with Crippen molar-refractivity contribution in [1.29, 1.82) is 0 Å². The number of hydrogen-bond acceptors (Lipinski definition) is 6. The molecular formula is C21H20N4O3S. The maximum atomic E-state index is 12.4. The van der Waals surface area contributed by atoms with E-state index in [1.54, 1.807) is 6.07 Å². The number of carbonyl (C=O) groups excluding carboxylic acids is 1. The third-order valence-electron chi connectivity index (χ3n) is 4.71. The number of carbonyl (C=O) groups is 1. The van der Waals surface area contributed by atoms with Crippen LogP contribution in [0.15, 0.2) is 53.7 Å². The first-order valence-electron chi connectivity index (χ1n) is 9.61. The molecule has 5 rings (SSSR count). The highest BCUT2D eigenvalue weighted by molar-refractivity contribution is 7.99. The summed E-state index contributed by atoms with van der Waals surface area (Å²) >= 11 is 1.34. The lowest BCUT2D eigenvalue weighted by atomic mass is 10.2. The van der Waals surface area contributed by atoms with Crippen LogP contribution in [-0.4, -0.2) is 39.6 Å². The highest BCUT2D eigenvalue weighted by atomic mass is 32.2. The van der Waals surface area contributed by atoms with Gasteiger partial charge in [-0.2, -0.15) is 0 Å². The molecule has 29 heavy (non-hydrogen) atoms. The SMILES string of the molecule is O=C(CSc1nc(C2CC2)n(-c2ccccc2)n1)Nc1ccc2c(c1)OCCO2. The van der Waals surface area contributed by atoms with Gasteiger partial charge in [0.15, 0.2) is 11.5 Å². The van der Waals surface area contributed by atoms with Crippen molar-refractivity contribution in [1.82, 2.24) is 14.8 Å². The van der Waals surface area contributed by atoms with E-state index in [4.69, 9.17) is 9.47 Å². The average molecular weight is 408 g/mol. The van der Waals surface area contributed by atoms with Gasteiger partial charge in [0.2, 0.25) is 11.1 Å². The lowest BCUT2D eigenvalue weighted by molar-refractivity contribution is -0.113. The zero-order valence-electron chi connectivity index (χ0n) is 15.7. The molecule has 1 N–H and O–H groups in total. The standard InChI is InChI=1S/C21H20N4O3S/c26-19(22-15-8-9-17-18(12-15)28-11-10-27-17)13-29-21-23-20(14-6-7-14)25(24-21)16-4-2-1-3-5-16/h1-5,8-9,12,14H,6-7,10-11,13H2,(H,22,26). The number of aromatic nitrogens is 3. The fraction of sp³-hybridized carbons (Fsp3) is 0.286. The van der Waals surface area contributed by atoms with Gasteiger partial charge in [-0.05, 0) is 37.1 Å². The fourth-order valence-electron chi connectivity index (χ4n) is 3.18. The molecule has 0 spiro atoms. The summed E-state index contributed by atoms with van der Waals surface area (Å²) in [6.45, 7) is 1.06. The van der Waals surface area contributed by atoms with Gasteiger partial charge in [0.25, 0.3) is 0 Å². The molecule has 148 valence electrons. The van der Waals surface area contributed by atoms with Gasteiger partial charge < -0.3 is 14.8 Å². The van der Waals surface area contributed by atoms with Crippen LogP contribution in [0.4, 0.5) is 5.69 Å². The molecule has 0 radical (unpaired) electrons. The van der Waals surface area contributed by atoms with Crippen molar-refractivity contribution in [2.45, 2.75) is 23.9 Å². The predicted octanol–water partition coefficient (Wildman–Crippen LogP) is 3.65. The molecule has 0 saturated heterocycles. The molecule has 1 saturated carbocycles. The van der Waals surface area contributed by atoms with Crippen LogP contribution in [0.1, 0.15) is 24.6 Å². The molecule has 0 atom stereocenters. The minimum atomic E-state index is -0.115. The molecule has 0 bridgehead atoms. The fourth-order valence-corrected chi connectivity index (χ4v) is 3.81. The van der Waals surface area contributed by atoms with E-state index in [0.29, 0.717) is 41.5 Å².